The van der Waals surface area contributed by atoms with Crippen LogP contribution >= 0.6 is 0 Å². The Morgan fingerprint density at radius 1 is 1.25 bits per heavy atom. The highest BCUT2D eigenvalue weighted by Gasteiger charge is 2.02. The number of pyridine rings is 1. The lowest BCUT2D eigenvalue weighted by Gasteiger charge is -2.09. The second-order valence-electron chi connectivity index (χ2n) is 4.33. The Bertz CT molecular complexity index is 582. The highest BCUT2D eigenvalue weighted by molar-refractivity contribution is 5.83. The van der Waals surface area contributed by atoms with E-state index in [-0.39, 0.29) is 0 Å². The Labute approximate surface area is 118 Å². The number of aromatic nitrogens is 1. The van der Waals surface area contributed by atoms with Crippen molar-refractivity contribution in [2.45, 2.75) is 13.5 Å². The van der Waals surface area contributed by atoms with E-state index >= 15 is 0 Å². The van der Waals surface area contributed by atoms with E-state index in [1.165, 1.54) is 18.2 Å². The van der Waals surface area contributed by atoms with Crippen LogP contribution in [0.3, 0.4) is 0 Å². The number of methoxy groups -OCH3 is 1. The smallest absolute Gasteiger partial charge is 0.412 e. The summed E-state index contributed by atoms with van der Waals surface area (Å²) in [6.07, 6.45) is 1.14. The van der Waals surface area contributed by atoms with Gasteiger partial charge < -0.3 is 10.1 Å². The number of carbonyl (C=O) groups excluding carboxylic acids is 1. The van der Waals surface area contributed by atoms with E-state index in [9.17, 15) is 4.79 Å². The molecule has 2 aromatic rings. The number of benzene rings is 1. The van der Waals surface area contributed by atoms with Crippen molar-refractivity contribution in [3.63, 3.8) is 0 Å². The highest BCUT2D eigenvalue weighted by Crippen LogP contribution is 2.13. The third-order valence-corrected chi connectivity index (χ3v) is 2.92. The molecule has 0 radical (unpaired) electrons. The number of anilines is 2. The minimum atomic E-state index is -0.530. The lowest BCUT2D eigenvalue weighted by atomic mass is 10.1. The van der Waals surface area contributed by atoms with Gasteiger partial charge >= 0.3 is 6.09 Å². The molecule has 0 bridgehead atoms. The van der Waals surface area contributed by atoms with Crippen molar-refractivity contribution < 1.29 is 9.53 Å². The van der Waals surface area contributed by atoms with E-state index in [0.29, 0.717) is 5.82 Å². The van der Waals surface area contributed by atoms with Crippen molar-refractivity contribution in [2.24, 2.45) is 0 Å². The van der Waals surface area contributed by atoms with Crippen LogP contribution in [0.2, 0.25) is 0 Å². The first-order valence-corrected chi connectivity index (χ1v) is 6.28. The minimum absolute atomic E-state index is 0.457. The monoisotopic (exact) mass is 271 g/mol. The number of hydrogen-bond acceptors (Lipinski definition) is 4. The van der Waals surface area contributed by atoms with Gasteiger partial charge in [-0.1, -0.05) is 24.3 Å². The first-order chi connectivity index (χ1) is 9.69. The fourth-order valence-corrected chi connectivity index (χ4v) is 1.73. The Kier molecular flexibility index (Phi) is 4.55. The molecule has 1 aromatic carbocycles. The van der Waals surface area contributed by atoms with Crippen LogP contribution in [0, 0.1) is 6.92 Å². The van der Waals surface area contributed by atoms with Crippen molar-refractivity contribution in [2.75, 3.05) is 17.7 Å². The summed E-state index contributed by atoms with van der Waals surface area (Å²) in [5.74, 6) is 0.457. The maximum atomic E-state index is 11.0. The average molecular weight is 271 g/mol. The summed E-state index contributed by atoms with van der Waals surface area (Å²) in [5, 5.41) is 5.79. The van der Waals surface area contributed by atoms with E-state index in [4.69, 9.17) is 0 Å². The molecule has 1 amide bonds. The third kappa shape index (κ3) is 3.71. The van der Waals surface area contributed by atoms with Gasteiger partial charge in [0.15, 0.2) is 0 Å². The number of ether oxygens (including phenoxy) is 1. The van der Waals surface area contributed by atoms with Crippen LogP contribution in [-0.4, -0.2) is 18.2 Å². The van der Waals surface area contributed by atoms with Crippen molar-refractivity contribution in [3.8, 4) is 0 Å². The number of hydrogen-bond donors (Lipinski definition) is 2. The summed E-state index contributed by atoms with van der Waals surface area (Å²) in [7, 11) is 1.31. The summed E-state index contributed by atoms with van der Waals surface area (Å²) < 4.78 is 4.50. The molecule has 1 aromatic heterocycles. The molecule has 0 atom stereocenters. The number of nitrogens with zero attached hydrogens (tertiary/aromatic N) is 1. The summed E-state index contributed by atoms with van der Waals surface area (Å²) in [6.45, 7) is 2.82. The lowest BCUT2D eigenvalue weighted by molar-refractivity contribution is 0.187. The van der Waals surface area contributed by atoms with Crippen LogP contribution in [0.4, 0.5) is 16.3 Å². The van der Waals surface area contributed by atoms with Crippen LogP contribution in [0.15, 0.2) is 42.6 Å². The van der Waals surface area contributed by atoms with Gasteiger partial charge in [-0.05, 0) is 30.2 Å². The number of carbonyl (C=O) groups is 1. The van der Waals surface area contributed by atoms with Gasteiger partial charge in [0.05, 0.1) is 19.0 Å². The van der Waals surface area contributed by atoms with Gasteiger partial charge in [-0.15, -0.1) is 0 Å². The molecule has 5 nitrogen and oxygen atoms in total. The molecule has 0 fully saturated rings. The zero-order chi connectivity index (χ0) is 14.4. The van der Waals surface area contributed by atoms with E-state index < -0.39 is 6.09 Å². The molecule has 0 saturated carbocycles. The van der Waals surface area contributed by atoms with Crippen molar-refractivity contribution in [1.29, 1.82) is 0 Å². The summed E-state index contributed by atoms with van der Waals surface area (Å²) in [4.78, 5) is 15.2. The predicted molar refractivity (Wildman–Crippen MR) is 78.8 cm³/mol. The molecular formula is C15H17N3O2. The van der Waals surface area contributed by atoms with Crippen molar-refractivity contribution in [3.05, 3.63) is 53.7 Å². The van der Waals surface area contributed by atoms with E-state index in [2.05, 4.69) is 39.4 Å². The topological polar surface area (TPSA) is 63.2 Å². The van der Waals surface area contributed by atoms with Crippen LogP contribution in [-0.2, 0) is 11.3 Å². The largest absolute Gasteiger partial charge is 0.453 e. The van der Waals surface area contributed by atoms with Gasteiger partial charge in [0.25, 0.3) is 0 Å². The number of aryl methyl sites for hydroxylation is 1. The van der Waals surface area contributed by atoms with Gasteiger partial charge in [-0.25, -0.2) is 9.78 Å². The molecule has 2 rings (SSSR count). The lowest BCUT2D eigenvalue weighted by Crippen LogP contribution is -2.12. The highest BCUT2D eigenvalue weighted by atomic mass is 16.5. The number of amides is 1. The van der Waals surface area contributed by atoms with E-state index in [1.807, 2.05) is 18.2 Å². The molecule has 2 N–H and O–H groups in total. The molecule has 104 valence electrons. The molecule has 0 aliphatic rings. The molecule has 20 heavy (non-hydrogen) atoms. The molecule has 0 aliphatic heterocycles. The van der Waals surface area contributed by atoms with Gasteiger partial charge in [0.2, 0.25) is 0 Å². The van der Waals surface area contributed by atoms with Crippen LogP contribution < -0.4 is 10.6 Å². The SMILES string of the molecule is COC(=O)Nc1ccc(NCc2ccccc2C)cn1. The zero-order valence-corrected chi connectivity index (χ0v) is 11.5. The van der Waals surface area contributed by atoms with Gasteiger partial charge in [0.1, 0.15) is 5.82 Å². The summed E-state index contributed by atoms with van der Waals surface area (Å²) >= 11 is 0. The van der Waals surface area contributed by atoms with E-state index in [1.54, 1.807) is 12.3 Å². The number of rotatable bonds is 4. The molecule has 0 spiro atoms. The van der Waals surface area contributed by atoms with Crippen LogP contribution in [0.1, 0.15) is 11.1 Å². The van der Waals surface area contributed by atoms with Crippen LogP contribution in [0.25, 0.3) is 0 Å². The fraction of sp³-hybridized carbons (Fsp3) is 0.200. The Morgan fingerprint density at radius 2 is 2.05 bits per heavy atom. The van der Waals surface area contributed by atoms with E-state index in [0.717, 1.165) is 12.2 Å². The quantitative estimate of drug-likeness (QED) is 0.896. The molecule has 0 aliphatic carbocycles. The van der Waals surface area contributed by atoms with Crippen molar-refractivity contribution in [1.82, 2.24) is 4.98 Å². The Hall–Kier alpha value is -2.56. The average Bonchev–Trinajstić information content (AvgIpc) is 2.48. The molecule has 1 heterocycles. The van der Waals surface area contributed by atoms with Crippen molar-refractivity contribution >= 4 is 17.6 Å². The molecule has 0 unspecified atom stereocenters. The first-order valence-electron chi connectivity index (χ1n) is 6.28. The van der Waals surface area contributed by atoms with Gasteiger partial charge in [-0.3, -0.25) is 5.32 Å². The standard InChI is InChI=1S/C15H17N3O2/c1-11-5-3-4-6-12(11)9-16-13-7-8-14(17-10-13)18-15(19)20-2/h3-8,10,16H,9H2,1-2H3,(H,17,18,19). The zero-order valence-electron chi connectivity index (χ0n) is 11.5. The second kappa shape index (κ2) is 6.56. The minimum Gasteiger partial charge on any atom is -0.453 e. The number of nitrogens with one attached hydrogen (secondary N) is 2. The Morgan fingerprint density at radius 3 is 2.70 bits per heavy atom. The molecule has 0 saturated heterocycles. The first kappa shape index (κ1) is 13.9. The maximum absolute atomic E-state index is 11.0. The molecular weight excluding hydrogens is 254 g/mol. The predicted octanol–water partition coefficient (Wildman–Crippen LogP) is 3.18. The second-order valence-corrected chi connectivity index (χ2v) is 4.33. The maximum Gasteiger partial charge on any atom is 0.412 e. The Balaban J connectivity index is 1.94. The normalized spacial score (nSPS) is 9.90. The fourth-order valence-electron chi connectivity index (χ4n) is 1.73. The molecule has 5 heteroatoms. The summed E-state index contributed by atoms with van der Waals surface area (Å²) in [6, 6.07) is 11.8. The van der Waals surface area contributed by atoms with Crippen LogP contribution in [0.5, 0.6) is 0 Å². The van der Waals surface area contributed by atoms with Gasteiger partial charge in [0, 0.05) is 6.54 Å². The van der Waals surface area contributed by atoms with Gasteiger partial charge in [-0.2, -0.15) is 0 Å². The summed E-state index contributed by atoms with van der Waals surface area (Å²) in [5.41, 5.74) is 3.38. The third-order valence-electron chi connectivity index (χ3n) is 2.92.